The second kappa shape index (κ2) is 5.51. The second-order valence-corrected chi connectivity index (χ2v) is 4.56. The molecule has 3 rings (SSSR count). The Balaban J connectivity index is 2.01. The van der Waals surface area contributed by atoms with Crippen LogP contribution in [0.5, 0.6) is 0 Å². The molecule has 0 atom stereocenters. The van der Waals surface area contributed by atoms with Crippen molar-refractivity contribution in [2.45, 2.75) is 6.92 Å². The number of hydrogen-bond donors (Lipinski definition) is 1. The maximum absolute atomic E-state index is 5.61. The van der Waals surface area contributed by atoms with E-state index in [1.54, 1.807) is 18.3 Å². The molecule has 0 radical (unpaired) electrons. The van der Waals surface area contributed by atoms with Gasteiger partial charge in [-0.3, -0.25) is 0 Å². The summed E-state index contributed by atoms with van der Waals surface area (Å²) >= 11 is 0. The van der Waals surface area contributed by atoms with Crippen LogP contribution in [0.4, 0.5) is 5.69 Å². The normalized spacial score (nSPS) is 9.95. The van der Waals surface area contributed by atoms with Crippen LogP contribution in [0.2, 0.25) is 0 Å². The summed E-state index contributed by atoms with van der Waals surface area (Å²) in [7, 11) is 0. The standard InChI is InChI=1S/C17H13N3O/c1-12-16(10-9-15-8-7-14(18)11-19-15)17(20-21-12)13-5-3-2-4-6-13/h2-8,11H,18H2,1H3. The lowest BCUT2D eigenvalue weighted by molar-refractivity contribution is 0.399. The molecule has 0 unspecified atom stereocenters. The molecular formula is C17H13N3O. The first-order chi connectivity index (χ1) is 10.2. The summed E-state index contributed by atoms with van der Waals surface area (Å²) in [5.41, 5.74) is 9.38. The SMILES string of the molecule is Cc1onc(-c2ccccc2)c1C#Cc1ccc(N)cn1. The van der Waals surface area contributed by atoms with Gasteiger partial charge in [-0.1, -0.05) is 41.4 Å². The van der Waals surface area contributed by atoms with Crippen LogP contribution in [-0.4, -0.2) is 10.1 Å². The van der Waals surface area contributed by atoms with Gasteiger partial charge < -0.3 is 10.3 Å². The number of hydrogen-bond acceptors (Lipinski definition) is 4. The Morgan fingerprint density at radius 2 is 1.86 bits per heavy atom. The van der Waals surface area contributed by atoms with Crippen molar-refractivity contribution in [2.75, 3.05) is 5.73 Å². The highest BCUT2D eigenvalue weighted by molar-refractivity contribution is 5.68. The molecule has 2 N–H and O–H groups in total. The van der Waals surface area contributed by atoms with Gasteiger partial charge in [-0.15, -0.1) is 0 Å². The maximum atomic E-state index is 5.61. The first kappa shape index (κ1) is 12.9. The van der Waals surface area contributed by atoms with Gasteiger partial charge in [0.2, 0.25) is 0 Å². The number of aromatic nitrogens is 2. The smallest absolute Gasteiger partial charge is 0.149 e. The van der Waals surface area contributed by atoms with Crippen LogP contribution in [0.3, 0.4) is 0 Å². The molecule has 3 aromatic rings. The fourth-order valence-electron chi connectivity index (χ4n) is 1.92. The number of nitrogens with two attached hydrogens (primary N) is 1. The van der Waals surface area contributed by atoms with Gasteiger partial charge in [-0.05, 0) is 25.0 Å². The van der Waals surface area contributed by atoms with Gasteiger partial charge in [-0.25, -0.2) is 4.98 Å². The molecule has 0 fully saturated rings. The van der Waals surface area contributed by atoms with Crippen LogP contribution in [0, 0.1) is 18.8 Å². The third-order valence-corrected chi connectivity index (χ3v) is 3.01. The van der Waals surface area contributed by atoms with E-state index < -0.39 is 0 Å². The van der Waals surface area contributed by atoms with Crippen molar-refractivity contribution in [1.82, 2.24) is 10.1 Å². The Labute approximate surface area is 122 Å². The molecule has 0 saturated heterocycles. The summed E-state index contributed by atoms with van der Waals surface area (Å²) in [6.45, 7) is 1.85. The molecule has 0 aliphatic rings. The summed E-state index contributed by atoms with van der Waals surface area (Å²) in [6.07, 6.45) is 1.59. The lowest BCUT2D eigenvalue weighted by Crippen LogP contribution is -1.88. The van der Waals surface area contributed by atoms with Crippen molar-refractivity contribution in [2.24, 2.45) is 0 Å². The lowest BCUT2D eigenvalue weighted by atomic mass is 10.1. The van der Waals surface area contributed by atoms with E-state index in [1.807, 2.05) is 37.3 Å². The predicted octanol–water partition coefficient (Wildman–Crippen LogP) is 3.03. The van der Waals surface area contributed by atoms with E-state index in [0.29, 0.717) is 17.1 Å². The lowest BCUT2D eigenvalue weighted by Gasteiger charge is -1.95. The average molecular weight is 275 g/mol. The minimum absolute atomic E-state index is 0.617. The number of nitrogen functional groups attached to an aromatic ring is 1. The van der Waals surface area contributed by atoms with Gasteiger partial charge in [0.1, 0.15) is 17.1 Å². The molecule has 0 saturated carbocycles. The van der Waals surface area contributed by atoms with Gasteiger partial charge in [-0.2, -0.15) is 0 Å². The number of pyridine rings is 1. The third-order valence-electron chi connectivity index (χ3n) is 3.01. The molecule has 2 heterocycles. The largest absolute Gasteiger partial charge is 0.397 e. The monoisotopic (exact) mass is 275 g/mol. The van der Waals surface area contributed by atoms with Crippen LogP contribution >= 0.6 is 0 Å². The van der Waals surface area contributed by atoms with Crippen LogP contribution in [0.15, 0.2) is 53.2 Å². The van der Waals surface area contributed by atoms with Crippen molar-refractivity contribution < 1.29 is 4.52 Å². The van der Waals surface area contributed by atoms with Gasteiger partial charge in [0.15, 0.2) is 0 Å². The predicted molar refractivity (Wildman–Crippen MR) is 81.3 cm³/mol. The third kappa shape index (κ3) is 2.77. The minimum atomic E-state index is 0.617. The highest BCUT2D eigenvalue weighted by Crippen LogP contribution is 2.24. The second-order valence-electron chi connectivity index (χ2n) is 4.56. The van der Waals surface area contributed by atoms with Gasteiger partial charge in [0.05, 0.1) is 17.4 Å². The number of nitrogens with zero attached hydrogens (tertiary/aromatic N) is 2. The van der Waals surface area contributed by atoms with Crippen LogP contribution < -0.4 is 5.73 Å². The van der Waals surface area contributed by atoms with Crippen LogP contribution in [-0.2, 0) is 0 Å². The van der Waals surface area contributed by atoms with Crippen molar-refractivity contribution in [3.63, 3.8) is 0 Å². The Morgan fingerprint density at radius 3 is 2.57 bits per heavy atom. The quantitative estimate of drug-likeness (QED) is 0.693. The van der Waals surface area contributed by atoms with Gasteiger partial charge in [0.25, 0.3) is 0 Å². The molecule has 21 heavy (non-hydrogen) atoms. The van der Waals surface area contributed by atoms with Crippen molar-refractivity contribution in [1.29, 1.82) is 0 Å². The fourth-order valence-corrected chi connectivity index (χ4v) is 1.92. The van der Waals surface area contributed by atoms with Crippen molar-refractivity contribution >= 4 is 5.69 Å². The average Bonchev–Trinajstić information content (AvgIpc) is 2.89. The van der Waals surface area contributed by atoms with E-state index in [4.69, 9.17) is 10.3 Å². The molecule has 0 amide bonds. The van der Waals surface area contributed by atoms with E-state index in [9.17, 15) is 0 Å². The Bertz CT molecular complexity index is 809. The van der Waals surface area contributed by atoms with E-state index in [0.717, 1.165) is 16.8 Å². The molecular weight excluding hydrogens is 262 g/mol. The first-order valence-corrected chi connectivity index (χ1v) is 6.49. The molecule has 2 aromatic heterocycles. The number of rotatable bonds is 1. The van der Waals surface area contributed by atoms with E-state index >= 15 is 0 Å². The summed E-state index contributed by atoms with van der Waals surface area (Å²) in [5.74, 6) is 6.79. The highest BCUT2D eigenvalue weighted by atomic mass is 16.5. The molecule has 0 spiro atoms. The molecule has 4 nitrogen and oxygen atoms in total. The van der Waals surface area contributed by atoms with Crippen LogP contribution in [0.25, 0.3) is 11.3 Å². The van der Waals surface area contributed by atoms with Gasteiger partial charge in [0, 0.05) is 5.56 Å². The Kier molecular flexibility index (Phi) is 3.40. The van der Waals surface area contributed by atoms with E-state index in [-0.39, 0.29) is 0 Å². The van der Waals surface area contributed by atoms with E-state index in [2.05, 4.69) is 22.0 Å². The van der Waals surface area contributed by atoms with Gasteiger partial charge >= 0.3 is 0 Å². The molecule has 0 aliphatic carbocycles. The molecule has 0 bridgehead atoms. The molecule has 4 heteroatoms. The summed E-state index contributed by atoms with van der Waals surface area (Å²) in [6, 6.07) is 13.4. The minimum Gasteiger partial charge on any atom is -0.397 e. The zero-order chi connectivity index (χ0) is 14.7. The number of benzene rings is 1. The van der Waals surface area contributed by atoms with Crippen molar-refractivity contribution in [3.8, 4) is 23.1 Å². The summed E-state index contributed by atoms with van der Waals surface area (Å²) in [5, 5.41) is 4.09. The fraction of sp³-hybridized carbons (Fsp3) is 0.0588. The maximum Gasteiger partial charge on any atom is 0.149 e. The number of aryl methyl sites for hydroxylation is 1. The zero-order valence-corrected chi connectivity index (χ0v) is 11.5. The molecule has 1 aromatic carbocycles. The first-order valence-electron chi connectivity index (χ1n) is 6.49. The Hall–Kier alpha value is -3.06. The topological polar surface area (TPSA) is 64.9 Å². The Morgan fingerprint density at radius 1 is 1.05 bits per heavy atom. The molecule has 102 valence electrons. The van der Waals surface area contributed by atoms with E-state index in [1.165, 1.54) is 0 Å². The summed E-state index contributed by atoms with van der Waals surface area (Å²) < 4.78 is 5.26. The molecule has 0 aliphatic heterocycles. The zero-order valence-electron chi connectivity index (χ0n) is 11.5. The number of anilines is 1. The van der Waals surface area contributed by atoms with Crippen molar-refractivity contribution in [3.05, 3.63) is 65.7 Å². The van der Waals surface area contributed by atoms with Crippen LogP contribution in [0.1, 0.15) is 17.0 Å². The highest BCUT2D eigenvalue weighted by Gasteiger charge is 2.12. The summed E-state index contributed by atoms with van der Waals surface area (Å²) in [4.78, 5) is 4.16.